The standard InChI is InChI=1S/C19H16N2O7S/c1-9(22)28-7-10-8-29-18-14(17(25)21(18)13(10)19(26)27-2)20-15(23)11-5-3-4-6-12(11)16(20)24/h3-6,8,13-14,18H,7H2,1-2H3/t13-,14-,18-/m1/s1. The van der Waals surface area contributed by atoms with E-state index in [1.165, 1.54) is 30.7 Å². The van der Waals surface area contributed by atoms with E-state index in [4.69, 9.17) is 9.47 Å². The van der Waals surface area contributed by atoms with Crippen LogP contribution in [0.15, 0.2) is 35.2 Å². The van der Waals surface area contributed by atoms with Gasteiger partial charge in [0, 0.05) is 12.5 Å². The molecule has 3 aliphatic heterocycles. The van der Waals surface area contributed by atoms with Crippen LogP contribution >= 0.6 is 11.8 Å². The van der Waals surface area contributed by atoms with Crippen LogP contribution in [-0.2, 0) is 23.9 Å². The highest BCUT2D eigenvalue weighted by Gasteiger charge is 2.61. The topological polar surface area (TPSA) is 110 Å². The summed E-state index contributed by atoms with van der Waals surface area (Å²) in [6, 6.07) is 4.28. The first-order chi connectivity index (χ1) is 13.9. The number of amides is 3. The molecule has 10 heteroatoms. The van der Waals surface area contributed by atoms with Crippen molar-refractivity contribution >= 4 is 41.4 Å². The molecule has 3 atom stereocenters. The average molecular weight is 416 g/mol. The van der Waals surface area contributed by atoms with Crippen LogP contribution in [0, 0.1) is 0 Å². The smallest absolute Gasteiger partial charge is 0.333 e. The zero-order chi connectivity index (χ0) is 20.9. The van der Waals surface area contributed by atoms with Crippen LogP contribution in [0.4, 0.5) is 0 Å². The predicted molar refractivity (Wildman–Crippen MR) is 99.5 cm³/mol. The van der Waals surface area contributed by atoms with Gasteiger partial charge in [0.1, 0.15) is 18.0 Å². The van der Waals surface area contributed by atoms with Crippen molar-refractivity contribution in [3.8, 4) is 0 Å². The summed E-state index contributed by atoms with van der Waals surface area (Å²) in [5.41, 5.74) is 0.891. The Morgan fingerprint density at radius 1 is 1.10 bits per heavy atom. The van der Waals surface area contributed by atoms with Crippen molar-refractivity contribution in [2.75, 3.05) is 13.7 Å². The molecule has 1 fully saturated rings. The number of fused-ring (bicyclic) bond motifs is 2. The highest BCUT2D eigenvalue weighted by molar-refractivity contribution is 8.03. The molecule has 0 aliphatic carbocycles. The molecule has 1 aromatic carbocycles. The molecule has 29 heavy (non-hydrogen) atoms. The van der Waals surface area contributed by atoms with Gasteiger partial charge in [0.15, 0.2) is 6.04 Å². The van der Waals surface area contributed by atoms with E-state index in [-0.39, 0.29) is 17.7 Å². The molecule has 150 valence electrons. The van der Waals surface area contributed by atoms with Crippen LogP contribution in [0.3, 0.4) is 0 Å². The van der Waals surface area contributed by atoms with Crippen LogP contribution in [0.25, 0.3) is 0 Å². The molecular weight excluding hydrogens is 400 g/mol. The van der Waals surface area contributed by atoms with Crippen LogP contribution in [0.1, 0.15) is 27.6 Å². The molecule has 1 aromatic rings. The van der Waals surface area contributed by atoms with E-state index in [0.717, 1.165) is 4.90 Å². The number of thioether (sulfide) groups is 1. The van der Waals surface area contributed by atoms with Crippen molar-refractivity contribution in [1.29, 1.82) is 0 Å². The SMILES string of the molecule is COC(=O)[C@H]1C(COC(C)=O)=CS[C@@H]2[C@H](N3C(=O)c4ccccc4C3=O)C(=O)N12. The van der Waals surface area contributed by atoms with Gasteiger partial charge >= 0.3 is 11.9 Å². The first kappa shape index (κ1) is 19.2. The number of rotatable bonds is 4. The molecule has 0 bridgehead atoms. The van der Waals surface area contributed by atoms with Gasteiger partial charge < -0.3 is 14.4 Å². The fraction of sp³-hybridized carbons (Fsp3) is 0.316. The highest BCUT2D eigenvalue weighted by Crippen LogP contribution is 2.44. The summed E-state index contributed by atoms with van der Waals surface area (Å²) in [5, 5.41) is 0.985. The van der Waals surface area contributed by atoms with Gasteiger partial charge in [-0.05, 0) is 17.5 Å². The number of hydrogen-bond donors (Lipinski definition) is 0. The minimum absolute atomic E-state index is 0.170. The first-order valence-electron chi connectivity index (χ1n) is 8.71. The first-order valence-corrected chi connectivity index (χ1v) is 9.65. The predicted octanol–water partition coefficient (Wildman–Crippen LogP) is 0.555. The molecule has 3 aliphatic rings. The third-order valence-corrected chi connectivity index (χ3v) is 6.21. The minimum Gasteiger partial charge on any atom is -0.467 e. The van der Waals surface area contributed by atoms with Gasteiger partial charge in [-0.1, -0.05) is 12.1 Å². The molecule has 9 nitrogen and oxygen atoms in total. The number of carbonyl (C=O) groups excluding carboxylic acids is 5. The van der Waals surface area contributed by atoms with Gasteiger partial charge in [-0.15, -0.1) is 11.8 Å². The van der Waals surface area contributed by atoms with Gasteiger partial charge in [0.2, 0.25) is 0 Å². The van der Waals surface area contributed by atoms with E-state index >= 15 is 0 Å². The molecule has 0 saturated carbocycles. The molecule has 3 heterocycles. The molecule has 0 radical (unpaired) electrons. The molecule has 4 rings (SSSR count). The Kier molecular flexibility index (Phi) is 4.65. The second-order valence-corrected chi connectivity index (χ2v) is 7.63. The normalized spacial score (nSPS) is 25.1. The third-order valence-electron chi connectivity index (χ3n) is 5.01. The summed E-state index contributed by atoms with van der Waals surface area (Å²) in [4.78, 5) is 64.1. The van der Waals surface area contributed by atoms with Gasteiger partial charge in [-0.3, -0.25) is 24.1 Å². The van der Waals surface area contributed by atoms with E-state index in [1.807, 2.05) is 0 Å². The lowest BCUT2D eigenvalue weighted by Gasteiger charge is -2.53. The number of ether oxygens (including phenoxy) is 2. The van der Waals surface area contributed by atoms with E-state index < -0.39 is 47.1 Å². The summed E-state index contributed by atoms with van der Waals surface area (Å²) >= 11 is 1.18. The summed E-state index contributed by atoms with van der Waals surface area (Å²) in [6.45, 7) is 1.07. The summed E-state index contributed by atoms with van der Waals surface area (Å²) in [6.07, 6.45) is 0. The third kappa shape index (κ3) is 2.82. The molecule has 3 amide bonds. The number of methoxy groups -OCH3 is 1. The number of imide groups is 1. The number of hydrogen-bond acceptors (Lipinski definition) is 8. The Bertz CT molecular complexity index is 954. The van der Waals surface area contributed by atoms with Crippen molar-refractivity contribution in [2.24, 2.45) is 0 Å². The number of benzene rings is 1. The van der Waals surface area contributed by atoms with Gasteiger partial charge in [0.05, 0.1) is 18.2 Å². The monoisotopic (exact) mass is 416 g/mol. The van der Waals surface area contributed by atoms with Gasteiger partial charge in [-0.2, -0.15) is 0 Å². The van der Waals surface area contributed by atoms with E-state index in [1.54, 1.807) is 29.7 Å². The minimum atomic E-state index is -1.08. The number of β-lactam (4-membered cyclic amide) rings is 1. The fourth-order valence-corrected chi connectivity index (χ4v) is 4.91. The Balaban J connectivity index is 1.63. The quantitative estimate of drug-likeness (QED) is 0.398. The highest BCUT2D eigenvalue weighted by atomic mass is 32.2. The van der Waals surface area contributed by atoms with Crippen LogP contribution < -0.4 is 0 Å². The summed E-state index contributed by atoms with van der Waals surface area (Å²) in [7, 11) is 1.19. The lowest BCUT2D eigenvalue weighted by Crippen LogP contribution is -2.74. The van der Waals surface area contributed by atoms with Crippen molar-refractivity contribution in [2.45, 2.75) is 24.4 Å². The molecular formula is C19H16N2O7S. The van der Waals surface area contributed by atoms with Gasteiger partial charge in [0.25, 0.3) is 17.7 Å². The maximum Gasteiger partial charge on any atom is 0.333 e. The number of nitrogens with zero attached hydrogens (tertiary/aromatic N) is 2. The second kappa shape index (κ2) is 7.03. The van der Waals surface area contributed by atoms with E-state index in [9.17, 15) is 24.0 Å². The Morgan fingerprint density at radius 3 is 2.28 bits per heavy atom. The maximum atomic E-state index is 13.0. The van der Waals surface area contributed by atoms with Crippen molar-refractivity contribution in [3.05, 3.63) is 46.4 Å². The largest absolute Gasteiger partial charge is 0.467 e. The molecule has 0 unspecified atom stereocenters. The second-order valence-electron chi connectivity index (χ2n) is 6.64. The number of esters is 2. The molecule has 0 N–H and O–H groups in total. The van der Waals surface area contributed by atoms with E-state index in [0.29, 0.717) is 5.57 Å². The maximum absolute atomic E-state index is 13.0. The summed E-state index contributed by atoms with van der Waals surface area (Å²) in [5.74, 6) is -2.83. The van der Waals surface area contributed by atoms with Crippen LogP contribution in [-0.4, -0.2) is 70.6 Å². The van der Waals surface area contributed by atoms with Crippen LogP contribution in [0.5, 0.6) is 0 Å². The molecule has 1 saturated heterocycles. The lowest BCUT2D eigenvalue weighted by atomic mass is 9.97. The molecule has 0 spiro atoms. The lowest BCUT2D eigenvalue weighted by molar-refractivity contribution is -0.163. The average Bonchev–Trinajstić information content (AvgIpc) is 2.96. The van der Waals surface area contributed by atoms with Gasteiger partial charge in [-0.25, -0.2) is 4.79 Å². The Labute approximate surface area is 169 Å². The number of carbonyl (C=O) groups is 5. The van der Waals surface area contributed by atoms with Crippen molar-refractivity contribution in [1.82, 2.24) is 9.80 Å². The van der Waals surface area contributed by atoms with Crippen molar-refractivity contribution < 1.29 is 33.4 Å². The fourth-order valence-electron chi connectivity index (χ4n) is 3.66. The summed E-state index contributed by atoms with van der Waals surface area (Å²) < 4.78 is 9.78. The zero-order valence-electron chi connectivity index (χ0n) is 15.5. The Morgan fingerprint density at radius 2 is 1.72 bits per heavy atom. The van der Waals surface area contributed by atoms with Crippen molar-refractivity contribution in [3.63, 3.8) is 0 Å². The van der Waals surface area contributed by atoms with Crippen LogP contribution in [0.2, 0.25) is 0 Å². The molecule has 0 aromatic heterocycles. The Hall–Kier alpha value is -3.14. The van der Waals surface area contributed by atoms with E-state index in [2.05, 4.69) is 0 Å². The zero-order valence-corrected chi connectivity index (χ0v) is 16.3.